The normalized spacial score (nSPS) is 21.8. The summed E-state index contributed by atoms with van der Waals surface area (Å²) in [6, 6.07) is 5.32. The maximum Gasteiger partial charge on any atom is 0.107 e. The summed E-state index contributed by atoms with van der Waals surface area (Å²) in [5, 5.41) is 0. The standard InChI is InChI=1S/C18H29N/c1-7-13-10-15-16(11-14(13)12(2)19)18(5,6)9-8-17(15,3)4/h10-12H,7-9,19H2,1-6H3/p+1/t12-/m1/s1. The molecule has 0 saturated heterocycles. The second-order valence-electron chi connectivity index (χ2n) is 7.62. The predicted molar refractivity (Wildman–Crippen MR) is 82.4 cm³/mol. The highest BCUT2D eigenvalue weighted by Crippen LogP contribution is 2.46. The lowest BCUT2D eigenvalue weighted by Crippen LogP contribution is -2.52. The summed E-state index contributed by atoms with van der Waals surface area (Å²) in [6.07, 6.45) is 3.68. The van der Waals surface area contributed by atoms with Crippen LogP contribution < -0.4 is 5.73 Å². The van der Waals surface area contributed by atoms with Crippen LogP contribution in [0.5, 0.6) is 0 Å². The minimum Gasteiger partial charge on any atom is -0.352 e. The monoisotopic (exact) mass is 260 g/mol. The minimum absolute atomic E-state index is 0.306. The Bertz CT molecular complexity index is 481. The summed E-state index contributed by atoms with van der Waals surface area (Å²) in [6.45, 7) is 14.0. The topological polar surface area (TPSA) is 27.6 Å². The lowest BCUT2D eigenvalue weighted by Gasteiger charge is -2.42. The number of benzene rings is 1. The average Bonchev–Trinajstić information content (AvgIpc) is 2.33. The first-order chi connectivity index (χ1) is 8.69. The summed E-state index contributed by atoms with van der Waals surface area (Å²) in [7, 11) is 0. The molecule has 19 heavy (non-hydrogen) atoms. The average molecular weight is 260 g/mol. The van der Waals surface area contributed by atoms with E-state index in [1.165, 1.54) is 24.0 Å². The molecule has 1 aromatic carbocycles. The van der Waals surface area contributed by atoms with Gasteiger partial charge in [-0.15, -0.1) is 0 Å². The Morgan fingerprint density at radius 1 is 1.05 bits per heavy atom. The van der Waals surface area contributed by atoms with Crippen molar-refractivity contribution in [3.63, 3.8) is 0 Å². The van der Waals surface area contributed by atoms with Crippen molar-refractivity contribution in [1.29, 1.82) is 0 Å². The van der Waals surface area contributed by atoms with Crippen LogP contribution in [-0.4, -0.2) is 0 Å². The highest BCUT2D eigenvalue weighted by molar-refractivity contribution is 5.47. The van der Waals surface area contributed by atoms with Crippen LogP contribution in [-0.2, 0) is 17.3 Å². The van der Waals surface area contributed by atoms with E-state index in [4.69, 9.17) is 0 Å². The summed E-state index contributed by atoms with van der Waals surface area (Å²) in [5.41, 5.74) is 11.0. The SMILES string of the molecule is CCc1cc2c(cc1[C@@H](C)[NH3+])C(C)(C)CCC2(C)C. The molecule has 0 spiro atoms. The van der Waals surface area contributed by atoms with Crippen molar-refractivity contribution in [1.82, 2.24) is 0 Å². The highest BCUT2D eigenvalue weighted by atomic mass is 14.6. The third kappa shape index (κ3) is 2.45. The summed E-state index contributed by atoms with van der Waals surface area (Å²) >= 11 is 0. The molecule has 0 fully saturated rings. The first-order valence-corrected chi connectivity index (χ1v) is 7.70. The molecule has 1 aliphatic rings. The van der Waals surface area contributed by atoms with Crippen molar-refractivity contribution in [2.24, 2.45) is 0 Å². The van der Waals surface area contributed by atoms with Gasteiger partial charge in [0.2, 0.25) is 0 Å². The van der Waals surface area contributed by atoms with E-state index < -0.39 is 0 Å². The van der Waals surface area contributed by atoms with Gasteiger partial charge in [-0.3, -0.25) is 0 Å². The molecule has 1 aromatic rings. The van der Waals surface area contributed by atoms with Crippen LogP contribution in [0.25, 0.3) is 0 Å². The van der Waals surface area contributed by atoms with Crippen molar-refractivity contribution >= 4 is 0 Å². The molecule has 0 bridgehead atoms. The summed E-state index contributed by atoms with van der Waals surface area (Å²) < 4.78 is 0. The van der Waals surface area contributed by atoms with Gasteiger partial charge in [0.1, 0.15) is 6.04 Å². The van der Waals surface area contributed by atoms with Crippen molar-refractivity contribution < 1.29 is 5.73 Å². The van der Waals surface area contributed by atoms with Gasteiger partial charge in [-0.05, 0) is 59.8 Å². The number of aryl methyl sites for hydroxylation is 1. The van der Waals surface area contributed by atoms with Crippen LogP contribution in [0.15, 0.2) is 12.1 Å². The number of fused-ring (bicyclic) bond motifs is 1. The molecule has 0 radical (unpaired) electrons. The van der Waals surface area contributed by atoms with Crippen LogP contribution in [0.2, 0.25) is 0 Å². The van der Waals surface area contributed by atoms with Gasteiger partial charge >= 0.3 is 0 Å². The number of hydrogen-bond acceptors (Lipinski definition) is 0. The summed E-state index contributed by atoms with van der Waals surface area (Å²) in [4.78, 5) is 0. The highest BCUT2D eigenvalue weighted by Gasteiger charge is 2.37. The zero-order valence-corrected chi connectivity index (χ0v) is 13.6. The van der Waals surface area contributed by atoms with Gasteiger partial charge in [-0.2, -0.15) is 0 Å². The van der Waals surface area contributed by atoms with Gasteiger partial charge in [-0.25, -0.2) is 0 Å². The molecule has 0 saturated carbocycles. The zero-order chi connectivity index (χ0) is 14.4. The van der Waals surface area contributed by atoms with Gasteiger partial charge in [0.25, 0.3) is 0 Å². The smallest absolute Gasteiger partial charge is 0.107 e. The van der Waals surface area contributed by atoms with Gasteiger partial charge in [-0.1, -0.05) is 40.7 Å². The van der Waals surface area contributed by atoms with Gasteiger partial charge in [0.15, 0.2) is 0 Å². The van der Waals surface area contributed by atoms with Crippen LogP contribution in [0.4, 0.5) is 0 Å². The molecular formula is C18H30N+. The van der Waals surface area contributed by atoms with Crippen molar-refractivity contribution in [3.05, 3.63) is 34.4 Å². The van der Waals surface area contributed by atoms with E-state index >= 15 is 0 Å². The Balaban J connectivity index is 2.70. The quantitative estimate of drug-likeness (QED) is 0.835. The van der Waals surface area contributed by atoms with E-state index in [9.17, 15) is 0 Å². The van der Waals surface area contributed by atoms with Gasteiger partial charge < -0.3 is 5.73 Å². The predicted octanol–water partition coefficient (Wildman–Crippen LogP) is 3.90. The molecule has 1 atom stereocenters. The fraction of sp³-hybridized carbons (Fsp3) is 0.667. The largest absolute Gasteiger partial charge is 0.352 e. The molecular weight excluding hydrogens is 230 g/mol. The molecule has 0 aromatic heterocycles. The molecule has 106 valence electrons. The van der Waals surface area contributed by atoms with Gasteiger partial charge in [0.05, 0.1) is 0 Å². The molecule has 1 nitrogen and oxygen atoms in total. The number of hydrogen-bond donors (Lipinski definition) is 1. The Morgan fingerprint density at radius 3 is 1.95 bits per heavy atom. The van der Waals surface area contributed by atoms with Crippen molar-refractivity contribution in [2.45, 2.75) is 77.7 Å². The number of rotatable bonds is 2. The van der Waals surface area contributed by atoms with E-state index in [-0.39, 0.29) is 0 Å². The Hall–Kier alpha value is -0.820. The lowest BCUT2D eigenvalue weighted by atomic mass is 9.62. The third-order valence-corrected chi connectivity index (χ3v) is 5.02. The van der Waals surface area contributed by atoms with Crippen molar-refractivity contribution in [3.8, 4) is 0 Å². The van der Waals surface area contributed by atoms with Crippen LogP contribution >= 0.6 is 0 Å². The van der Waals surface area contributed by atoms with Crippen molar-refractivity contribution in [2.75, 3.05) is 0 Å². The number of quaternary nitrogens is 1. The molecule has 0 amide bonds. The first-order valence-electron chi connectivity index (χ1n) is 7.70. The fourth-order valence-electron chi connectivity index (χ4n) is 3.44. The van der Waals surface area contributed by atoms with E-state index in [1.54, 1.807) is 11.1 Å². The maximum atomic E-state index is 4.25. The Labute approximate surface area is 118 Å². The molecule has 2 rings (SSSR count). The van der Waals surface area contributed by atoms with E-state index in [1.807, 2.05) is 0 Å². The second kappa shape index (κ2) is 4.63. The fourth-order valence-corrected chi connectivity index (χ4v) is 3.44. The van der Waals surface area contributed by atoms with E-state index in [2.05, 4.69) is 59.4 Å². The zero-order valence-electron chi connectivity index (χ0n) is 13.6. The van der Waals surface area contributed by atoms with Crippen LogP contribution in [0, 0.1) is 0 Å². The molecule has 0 aliphatic heterocycles. The van der Waals surface area contributed by atoms with Crippen LogP contribution in [0.1, 0.15) is 82.7 Å². The second-order valence-corrected chi connectivity index (χ2v) is 7.62. The molecule has 1 aliphatic carbocycles. The minimum atomic E-state index is 0.306. The van der Waals surface area contributed by atoms with Gasteiger partial charge in [0, 0.05) is 5.56 Å². The lowest BCUT2D eigenvalue weighted by molar-refractivity contribution is -0.420. The van der Waals surface area contributed by atoms with E-state index in [0.29, 0.717) is 16.9 Å². The molecule has 0 unspecified atom stereocenters. The first kappa shape index (κ1) is 14.6. The summed E-state index contributed by atoms with van der Waals surface area (Å²) in [5.74, 6) is 0. The third-order valence-electron chi connectivity index (χ3n) is 5.02. The maximum absolute atomic E-state index is 4.25. The van der Waals surface area contributed by atoms with E-state index in [0.717, 1.165) is 6.42 Å². The Morgan fingerprint density at radius 2 is 1.53 bits per heavy atom. The Kier molecular flexibility index (Phi) is 3.55. The van der Waals surface area contributed by atoms with Crippen LogP contribution in [0.3, 0.4) is 0 Å². The molecule has 0 heterocycles. The molecule has 3 N–H and O–H groups in total. The molecule has 1 heteroatoms.